The van der Waals surface area contributed by atoms with Gasteiger partial charge in [-0.25, -0.2) is 0 Å². The van der Waals surface area contributed by atoms with E-state index < -0.39 is 0 Å². The van der Waals surface area contributed by atoms with E-state index in [2.05, 4.69) is 56.7 Å². The van der Waals surface area contributed by atoms with Crippen molar-refractivity contribution in [1.29, 1.82) is 0 Å². The summed E-state index contributed by atoms with van der Waals surface area (Å²) in [5, 5.41) is 0. The first kappa shape index (κ1) is 13.9. The Balaban J connectivity index is 1.99. The summed E-state index contributed by atoms with van der Waals surface area (Å²) in [6.07, 6.45) is 0.904. The number of halogens is 2. The van der Waals surface area contributed by atoms with Crippen LogP contribution in [0.5, 0.6) is 0 Å². The third-order valence-corrected chi connectivity index (χ3v) is 7.73. The lowest BCUT2D eigenvalue weighted by molar-refractivity contribution is 0.112. The van der Waals surface area contributed by atoms with Gasteiger partial charge in [-0.1, -0.05) is 0 Å². The van der Waals surface area contributed by atoms with Crippen molar-refractivity contribution >= 4 is 78.8 Å². The fourth-order valence-corrected chi connectivity index (χ4v) is 6.84. The molecule has 19 heavy (non-hydrogen) atoms. The molecule has 0 saturated carbocycles. The van der Waals surface area contributed by atoms with Crippen LogP contribution in [0.25, 0.3) is 19.5 Å². The monoisotopic (exact) mass is 480 g/mol. The molecular weight excluding hydrogens is 475 g/mol. The van der Waals surface area contributed by atoms with E-state index >= 15 is 0 Å². The molecule has 96 valence electrons. The van der Waals surface area contributed by atoms with Gasteiger partial charge in [0.25, 0.3) is 0 Å². The minimum Gasteiger partial charge on any atom is -0.297 e. The minimum atomic E-state index is 0.775. The third-order valence-electron chi connectivity index (χ3n) is 2.47. The summed E-state index contributed by atoms with van der Waals surface area (Å²) in [4.78, 5) is 16.4. The van der Waals surface area contributed by atoms with Crippen LogP contribution >= 0.6 is 72.5 Å². The molecule has 0 saturated heterocycles. The van der Waals surface area contributed by atoms with Gasteiger partial charge in [-0.3, -0.25) is 4.79 Å². The Kier molecular flexibility index (Phi) is 4.23. The van der Waals surface area contributed by atoms with E-state index in [4.69, 9.17) is 0 Å². The third kappa shape index (κ3) is 2.87. The first-order chi connectivity index (χ1) is 9.17. The van der Waals surface area contributed by atoms with Gasteiger partial charge in [0.1, 0.15) is 0 Å². The Hall–Kier alpha value is -0.0200. The largest absolute Gasteiger partial charge is 0.297 e. The average molecular weight is 481 g/mol. The van der Waals surface area contributed by atoms with Crippen molar-refractivity contribution in [3.63, 3.8) is 0 Å². The van der Waals surface area contributed by atoms with Crippen molar-refractivity contribution in [1.82, 2.24) is 0 Å². The summed E-state index contributed by atoms with van der Waals surface area (Å²) in [5.41, 5.74) is 0. The van der Waals surface area contributed by atoms with Crippen molar-refractivity contribution in [3.05, 3.63) is 42.6 Å². The summed E-state index contributed by atoms with van der Waals surface area (Å²) in [7, 11) is 0. The minimum absolute atomic E-state index is 0.775. The summed E-state index contributed by atoms with van der Waals surface area (Å²) in [6, 6.07) is 10.3. The Morgan fingerprint density at radius 1 is 1.00 bits per heavy atom. The molecule has 0 aliphatic carbocycles. The Morgan fingerprint density at radius 3 is 2.32 bits per heavy atom. The predicted octanol–water partition coefficient (Wildman–Crippen LogP) is 6.38. The van der Waals surface area contributed by atoms with Crippen LogP contribution in [0.4, 0.5) is 0 Å². The van der Waals surface area contributed by atoms with E-state index in [0.717, 1.165) is 20.5 Å². The van der Waals surface area contributed by atoms with Crippen LogP contribution in [-0.2, 0) is 0 Å². The molecule has 0 spiro atoms. The second-order valence-corrected chi connectivity index (χ2v) is 9.71. The average Bonchev–Trinajstić information content (AvgIpc) is 3.07. The summed E-state index contributed by atoms with van der Waals surface area (Å²) >= 11 is 11.0. The standard InChI is InChI=1S/C13H6BrIOS3/c14-8-5-12(15)19-13(8)11-4-3-10(18-11)9-2-1-7(6-16)17-9/h1-6H. The van der Waals surface area contributed by atoms with E-state index in [9.17, 15) is 4.79 Å². The Bertz CT molecular complexity index is 741. The van der Waals surface area contributed by atoms with Crippen LogP contribution in [0.3, 0.4) is 0 Å². The molecule has 0 bridgehead atoms. The van der Waals surface area contributed by atoms with Crippen molar-refractivity contribution in [2.24, 2.45) is 0 Å². The molecule has 6 heteroatoms. The van der Waals surface area contributed by atoms with Gasteiger partial charge < -0.3 is 0 Å². The predicted molar refractivity (Wildman–Crippen MR) is 96.7 cm³/mol. The molecule has 0 aliphatic rings. The van der Waals surface area contributed by atoms with Crippen LogP contribution in [0.1, 0.15) is 9.67 Å². The molecule has 3 aromatic heterocycles. The molecule has 0 aromatic carbocycles. The maximum atomic E-state index is 10.7. The van der Waals surface area contributed by atoms with Crippen LogP contribution in [-0.4, -0.2) is 6.29 Å². The second-order valence-electron chi connectivity index (χ2n) is 3.71. The van der Waals surface area contributed by atoms with E-state index in [1.807, 2.05) is 12.1 Å². The molecule has 3 heterocycles. The van der Waals surface area contributed by atoms with Crippen LogP contribution in [0.2, 0.25) is 0 Å². The first-order valence-electron chi connectivity index (χ1n) is 5.28. The second kappa shape index (κ2) is 5.77. The van der Waals surface area contributed by atoms with Crippen molar-refractivity contribution < 1.29 is 4.79 Å². The van der Waals surface area contributed by atoms with Gasteiger partial charge in [0.15, 0.2) is 6.29 Å². The molecular formula is C13H6BrIOS3. The van der Waals surface area contributed by atoms with Crippen LogP contribution < -0.4 is 0 Å². The Morgan fingerprint density at radius 2 is 1.68 bits per heavy atom. The summed E-state index contributed by atoms with van der Waals surface area (Å²) in [6.45, 7) is 0. The van der Waals surface area contributed by atoms with E-state index in [-0.39, 0.29) is 0 Å². The fourth-order valence-electron chi connectivity index (χ4n) is 1.65. The smallest absolute Gasteiger partial charge is 0.160 e. The maximum Gasteiger partial charge on any atom is 0.160 e. The van der Waals surface area contributed by atoms with Gasteiger partial charge in [-0.2, -0.15) is 0 Å². The zero-order valence-corrected chi connectivity index (χ0v) is 15.5. The molecule has 0 unspecified atom stereocenters. The topological polar surface area (TPSA) is 17.1 Å². The van der Waals surface area contributed by atoms with Gasteiger partial charge in [0.05, 0.1) is 12.6 Å². The number of rotatable bonds is 3. The van der Waals surface area contributed by atoms with E-state index in [0.29, 0.717) is 0 Å². The number of carbonyl (C=O) groups excluding carboxylic acids is 1. The molecule has 0 fully saturated rings. The van der Waals surface area contributed by atoms with Gasteiger partial charge >= 0.3 is 0 Å². The highest BCUT2D eigenvalue weighted by molar-refractivity contribution is 14.1. The zero-order chi connectivity index (χ0) is 13.4. The van der Waals surface area contributed by atoms with Gasteiger partial charge in [0, 0.05) is 19.1 Å². The summed E-state index contributed by atoms with van der Waals surface area (Å²) in [5.74, 6) is 0. The molecule has 3 aromatic rings. The lowest BCUT2D eigenvalue weighted by Crippen LogP contribution is -1.62. The van der Waals surface area contributed by atoms with Crippen molar-refractivity contribution in [2.45, 2.75) is 0 Å². The molecule has 1 nitrogen and oxygen atoms in total. The van der Waals surface area contributed by atoms with Crippen molar-refractivity contribution in [2.75, 3.05) is 0 Å². The fraction of sp³-hybridized carbons (Fsp3) is 0. The lowest BCUT2D eigenvalue weighted by atomic mass is 10.3. The van der Waals surface area contributed by atoms with Gasteiger partial charge in [-0.05, 0) is 68.9 Å². The van der Waals surface area contributed by atoms with E-state index in [1.54, 1.807) is 22.7 Å². The SMILES string of the molecule is O=Cc1ccc(-c2ccc(-c3sc(I)cc3Br)s2)s1. The highest BCUT2D eigenvalue weighted by atomic mass is 127. The lowest BCUT2D eigenvalue weighted by Gasteiger charge is -1.92. The normalized spacial score (nSPS) is 10.8. The number of hydrogen-bond acceptors (Lipinski definition) is 4. The van der Waals surface area contributed by atoms with E-state index in [1.165, 1.54) is 28.9 Å². The van der Waals surface area contributed by atoms with Crippen LogP contribution in [0, 0.1) is 2.88 Å². The molecule has 0 aliphatic heterocycles. The highest BCUT2D eigenvalue weighted by Crippen LogP contribution is 2.43. The molecule has 0 radical (unpaired) electrons. The molecule has 0 N–H and O–H groups in total. The Labute approximate surface area is 144 Å². The van der Waals surface area contributed by atoms with Crippen LogP contribution in [0.15, 0.2) is 34.8 Å². The first-order valence-corrected chi connectivity index (χ1v) is 9.60. The number of carbonyl (C=O) groups is 1. The quantitative estimate of drug-likeness (QED) is 0.313. The zero-order valence-electron chi connectivity index (χ0n) is 9.35. The number of hydrogen-bond donors (Lipinski definition) is 0. The number of thiophene rings is 3. The van der Waals surface area contributed by atoms with Gasteiger partial charge in [0.2, 0.25) is 0 Å². The van der Waals surface area contributed by atoms with Crippen molar-refractivity contribution in [3.8, 4) is 19.5 Å². The highest BCUT2D eigenvalue weighted by Gasteiger charge is 2.12. The number of aldehydes is 1. The molecule has 3 rings (SSSR count). The maximum absolute atomic E-state index is 10.7. The van der Waals surface area contributed by atoms with Gasteiger partial charge in [-0.15, -0.1) is 34.0 Å². The summed E-state index contributed by atoms with van der Waals surface area (Å²) < 4.78 is 2.42. The molecule has 0 amide bonds. The molecule has 0 atom stereocenters.